The zero-order valence-corrected chi connectivity index (χ0v) is 13.0. The van der Waals surface area contributed by atoms with E-state index in [1.165, 1.54) is 18.4 Å². The van der Waals surface area contributed by atoms with E-state index in [0.29, 0.717) is 0 Å². The minimum atomic E-state index is -0.141. The minimum absolute atomic E-state index is 0.0197. The van der Waals surface area contributed by atoms with Crippen molar-refractivity contribution in [2.75, 3.05) is 5.32 Å². The Hall–Kier alpha value is -0.830. The molecule has 0 aliphatic heterocycles. The molecule has 3 heteroatoms. The number of amides is 1. The average molecular weight is 312 g/mol. The molecule has 100 valence electrons. The second kappa shape index (κ2) is 7.57. The second-order valence-corrected chi connectivity index (χ2v) is 5.92. The standard InChI is InChI=1S/C15H22BrNO/c1-4-5-6-12-7-9-13(10-8-12)17-15(18)14(16)11(2)3/h7-11,14H,4-6H2,1-3H3,(H,17,18). The van der Waals surface area contributed by atoms with Crippen molar-refractivity contribution in [3.05, 3.63) is 29.8 Å². The van der Waals surface area contributed by atoms with Gasteiger partial charge in [0.25, 0.3) is 0 Å². The maximum atomic E-state index is 11.9. The van der Waals surface area contributed by atoms with Gasteiger partial charge in [-0.15, -0.1) is 0 Å². The van der Waals surface area contributed by atoms with E-state index in [0.717, 1.165) is 12.1 Å². The second-order valence-electron chi connectivity index (χ2n) is 4.94. The first kappa shape index (κ1) is 15.2. The van der Waals surface area contributed by atoms with Crippen molar-refractivity contribution in [1.29, 1.82) is 0 Å². The van der Waals surface area contributed by atoms with Gasteiger partial charge in [0.1, 0.15) is 0 Å². The third kappa shape index (κ3) is 4.81. The van der Waals surface area contributed by atoms with Crippen LogP contribution in [0.5, 0.6) is 0 Å². The van der Waals surface area contributed by atoms with Crippen LogP contribution in [0.1, 0.15) is 39.2 Å². The predicted molar refractivity (Wildman–Crippen MR) is 81.2 cm³/mol. The number of halogens is 1. The summed E-state index contributed by atoms with van der Waals surface area (Å²) in [4.78, 5) is 11.7. The molecule has 1 aromatic rings. The molecule has 1 aromatic carbocycles. The Morgan fingerprint density at radius 3 is 2.39 bits per heavy atom. The molecule has 0 radical (unpaired) electrons. The number of benzene rings is 1. The summed E-state index contributed by atoms with van der Waals surface area (Å²) < 4.78 is 0. The van der Waals surface area contributed by atoms with Crippen LogP contribution in [-0.2, 0) is 11.2 Å². The van der Waals surface area contributed by atoms with Crippen LogP contribution < -0.4 is 5.32 Å². The molecule has 2 nitrogen and oxygen atoms in total. The summed E-state index contributed by atoms with van der Waals surface area (Å²) in [6, 6.07) is 8.12. The normalized spacial score (nSPS) is 12.5. The van der Waals surface area contributed by atoms with Crippen LogP contribution in [0.4, 0.5) is 5.69 Å². The van der Waals surface area contributed by atoms with Gasteiger partial charge in [-0.2, -0.15) is 0 Å². The highest BCUT2D eigenvalue weighted by Crippen LogP contribution is 2.16. The fourth-order valence-electron chi connectivity index (χ4n) is 1.65. The van der Waals surface area contributed by atoms with Crippen LogP contribution in [0.25, 0.3) is 0 Å². The average Bonchev–Trinajstić information content (AvgIpc) is 2.36. The molecule has 0 spiro atoms. The lowest BCUT2D eigenvalue weighted by Gasteiger charge is -2.14. The zero-order chi connectivity index (χ0) is 13.5. The third-order valence-corrected chi connectivity index (χ3v) is 4.35. The van der Waals surface area contributed by atoms with Crippen molar-refractivity contribution < 1.29 is 4.79 Å². The number of nitrogens with one attached hydrogen (secondary N) is 1. The van der Waals surface area contributed by atoms with Gasteiger partial charge in [-0.3, -0.25) is 4.79 Å². The SMILES string of the molecule is CCCCc1ccc(NC(=O)C(Br)C(C)C)cc1. The van der Waals surface area contributed by atoms with Gasteiger partial charge in [-0.1, -0.05) is 55.3 Å². The highest BCUT2D eigenvalue weighted by molar-refractivity contribution is 9.10. The number of alkyl halides is 1. The monoisotopic (exact) mass is 311 g/mol. The number of carbonyl (C=O) groups excluding carboxylic acids is 1. The molecule has 1 atom stereocenters. The first-order valence-electron chi connectivity index (χ1n) is 6.58. The smallest absolute Gasteiger partial charge is 0.238 e. The molecule has 0 aliphatic carbocycles. The molecule has 0 saturated heterocycles. The zero-order valence-electron chi connectivity index (χ0n) is 11.4. The van der Waals surface area contributed by atoms with Crippen molar-refractivity contribution in [2.24, 2.45) is 5.92 Å². The number of rotatable bonds is 6. The highest BCUT2D eigenvalue weighted by atomic mass is 79.9. The lowest BCUT2D eigenvalue weighted by atomic mass is 10.1. The quantitative estimate of drug-likeness (QED) is 0.776. The molecule has 0 saturated carbocycles. The molecule has 18 heavy (non-hydrogen) atoms. The molecule has 0 bridgehead atoms. The van der Waals surface area contributed by atoms with Gasteiger partial charge >= 0.3 is 0 Å². The Kier molecular flexibility index (Phi) is 6.41. The van der Waals surface area contributed by atoms with E-state index in [4.69, 9.17) is 0 Å². The van der Waals surface area contributed by atoms with Crippen LogP contribution >= 0.6 is 15.9 Å². The van der Waals surface area contributed by atoms with E-state index in [2.05, 4.69) is 40.3 Å². The number of anilines is 1. The highest BCUT2D eigenvalue weighted by Gasteiger charge is 2.18. The van der Waals surface area contributed by atoms with Crippen LogP contribution in [0.2, 0.25) is 0 Å². The Bertz CT molecular complexity index is 373. The van der Waals surface area contributed by atoms with Gasteiger partial charge < -0.3 is 5.32 Å². The van der Waals surface area contributed by atoms with Gasteiger partial charge in [0.05, 0.1) is 4.83 Å². The lowest BCUT2D eigenvalue weighted by molar-refractivity contribution is -0.116. The Balaban J connectivity index is 2.55. The first-order chi connectivity index (χ1) is 8.54. The summed E-state index contributed by atoms with van der Waals surface area (Å²) in [5, 5.41) is 2.92. The van der Waals surface area contributed by atoms with E-state index >= 15 is 0 Å². The number of unbranched alkanes of at least 4 members (excludes halogenated alkanes) is 1. The summed E-state index contributed by atoms with van der Waals surface area (Å²) >= 11 is 3.40. The number of hydrogen-bond acceptors (Lipinski definition) is 1. The van der Waals surface area contributed by atoms with Gasteiger partial charge in [0.15, 0.2) is 0 Å². The molecule has 0 heterocycles. The molecule has 0 aromatic heterocycles. The molecule has 1 unspecified atom stereocenters. The maximum absolute atomic E-state index is 11.9. The lowest BCUT2D eigenvalue weighted by Crippen LogP contribution is -2.26. The first-order valence-corrected chi connectivity index (χ1v) is 7.50. The maximum Gasteiger partial charge on any atom is 0.238 e. The Morgan fingerprint density at radius 1 is 1.28 bits per heavy atom. The summed E-state index contributed by atoms with van der Waals surface area (Å²) in [5.41, 5.74) is 2.19. The Labute approximate surface area is 118 Å². The summed E-state index contributed by atoms with van der Waals surface area (Å²) in [7, 11) is 0. The fourth-order valence-corrected chi connectivity index (χ4v) is 1.76. The van der Waals surface area contributed by atoms with Gasteiger partial charge in [0, 0.05) is 5.69 Å². The molecule has 1 N–H and O–H groups in total. The summed E-state index contributed by atoms with van der Waals surface area (Å²) in [6.07, 6.45) is 3.53. The molecular weight excluding hydrogens is 290 g/mol. The van der Waals surface area contributed by atoms with E-state index in [1.807, 2.05) is 26.0 Å². The van der Waals surface area contributed by atoms with Crippen molar-refractivity contribution in [1.82, 2.24) is 0 Å². The van der Waals surface area contributed by atoms with E-state index < -0.39 is 0 Å². The predicted octanol–water partition coefficient (Wildman–Crippen LogP) is 4.39. The van der Waals surface area contributed by atoms with E-state index in [-0.39, 0.29) is 16.7 Å². The molecular formula is C15H22BrNO. The van der Waals surface area contributed by atoms with Crippen molar-refractivity contribution >= 4 is 27.5 Å². The van der Waals surface area contributed by atoms with E-state index in [9.17, 15) is 4.79 Å². The van der Waals surface area contributed by atoms with Crippen LogP contribution in [-0.4, -0.2) is 10.7 Å². The molecule has 1 amide bonds. The minimum Gasteiger partial charge on any atom is -0.325 e. The van der Waals surface area contributed by atoms with Crippen LogP contribution in [0.15, 0.2) is 24.3 Å². The fraction of sp³-hybridized carbons (Fsp3) is 0.533. The van der Waals surface area contributed by atoms with E-state index in [1.54, 1.807) is 0 Å². The number of hydrogen-bond donors (Lipinski definition) is 1. The van der Waals surface area contributed by atoms with Crippen molar-refractivity contribution in [2.45, 2.75) is 44.9 Å². The van der Waals surface area contributed by atoms with Crippen molar-refractivity contribution in [3.8, 4) is 0 Å². The number of aryl methyl sites for hydroxylation is 1. The Morgan fingerprint density at radius 2 is 1.89 bits per heavy atom. The number of carbonyl (C=O) groups is 1. The largest absolute Gasteiger partial charge is 0.325 e. The summed E-state index contributed by atoms with van der Waals surface area (Å²) in [6.45, 7) is 6.23. The molecule has 0 aliphatic rings. The molecule has 1 rings (SSSR count). The molecule has 0 fully saturated rings. The third-order valence-electron chi connectivity index (χ3n) is 2.88. The topological polar surface area (TPSA) is 29.1 Å². The van der Waals surface area contributed by atoms with Crippen LogP contribution in [0, 0.1) is 5.92 Å². The van der Waals surface area contributed by atoms with Crippen molar-refractivity contribution in [3.63, 3.8) is 0 Å². The van der Waals surface area contributed by atoms with Crippen LogP contribution in [0.3, 0.4) is 0 Å². The summed E-state index contributed by atoms with van der Waals surface area (Å²) in [5.74, 6) is 0.306. The van der Waals surface area contributed by atoms with Gasteiger partial charge in [-0.25, -0.2) is 0 Å². The van der Waals surface area contributed by atoms with Gasteiger partial charge in [-0.05, 0) is 36.5 Å². The van der Waals surface area contributed by atoms with Gasteiger partial charge in [0.2, 0.25) is 5.91 Å².